The van der Waals surface area contributed by atoms with Crippen LogP contribution in [0.1, 0.15) is 22.6 Å². The van der Waals surface area contributed by atoms with Crippen molar-refractivity contribution < 1.29 is 17.3 Å². The molecule has 2 rings (SSSR count). The molecule has 7 heteroatoms. The van der Waals surface area contributed by atoms with Crippen molar-refractivity contribution in [2.24, 2.45) is 0 Å². The van der Waals surface area contributed by atoms with E-state index in [1.807, 2.05) is 0 Å². The molecule has 21 heavy (non-hydrogen) atoms. The van der Waals surface area contributed by atoms with Crippen LogP contribution < -0.4 is 0 Å². The number of aryl methyl sites for hydroxylation is 3. The molecule has 2 aromatic rings. The van der Waals surface area contributed by atoms with E-state index >= 15 is 0 Å². The van der Waals surface area contributed by atoms with Gasteiger partial charge in [0.05, 0.1) is 10.6 Å². The summed E-state index contributed by atoms with van der Waals surface area (Å²) in [6.45, 7) is 5.23. The Morgan fingerprint density at radius 3 is 2.52 bits per heavy atom. The molecule has 0 aliphatic heterocycles. The number of rotatable bonds is 4. The second-order valence-electron chi connectivity index (χ2n) is 4.97. The van der Waals surface area contributed by atoms with Crippen LogP contribution in [-0.2, 0) is 16.6 Å². The molecule has 0 bridgehead atoms. The van der Waals surface area contributed by atoms with Crippen LogP contribution in [0.2, 0.25) is 0 Å². The van der Waals surface area contributed by atoms with E-state index in [2.05, 4.69) is 5.16 Å². The first-order valence-electron chi connectivity index (χ1n) is 6.37. The van der Waals surface area contributed by atoms with Crippen molar-refractivity contribution in [1.82, 2.24) is 9.46 Å². The average Bonchev–Trinajstić information content (AvgIpc) is 2.73. The minimum absolute atomic E-state index is 0.0308. The monoisotopic (exact) mass is 312 g/mol. The summed E-state index contributed by atoms with van der Waals surface area (Å²) in [4.78, 5) is -0.0308. The molecule has 114 valence electrons. The normalized spacial score (nSPS) is 12.1. The molecule has 0 aliphatic carbocycles. The Morgan fingerprint density at radius 2 is 1.95 bits per heavy atom. The molecule has 0 atom stereocenters. The Labute approximate surface area is 123 Å². The third-order valence-electron chi connectivity index (χ3n) is 3.40. The first-order chi connectivity index (χ1) is 9.73. The van der Waals surface area contributed by atoms with E-state index in [4.69, 9.17) is 4.52 Å². The maximum atomic E-state index is 13.3. The summed E-state index contributed by atoms with van der Waals surface area (Å²) in [6.07, 6.45) is 0. The molecule has 5 nitrogen and oxygen atoms in total. The number of hydrogen-bond donors (Lipinski definition) is 0. The van der Waals surface area contributed by atoms with Crippen LogP contribution in [0.5, 0.6) is 0 Å². The highest BCUT2D eigenvalue weighted by Gasteiger charge is 2.25. The van der Waals surface area contributed by atoms with Crippen molar-refractivity contribution in [2.45, 2.75) is 32.2 Å². The van der Waals surface area contributed by atoms with Gasteiger partial charge in [-0.2, -0.15) is 4.31 Å². The SMILES string of the molecule is Cc1ccc(F)cc1S(=O)(=O)N(C)Cc1c(C)noc1C. The molecule has 0 aliphatic rings. The Kier molecular flexibility index (Phi) is 4.15. The van der Waals surface area contributed by atoms with E-state index in [0.717, 1.165) is 11.6 Å². The van der Waals surface area contributed by atoms with Crippen LogP contribution in [0.3, 0.4) is 0 Å². The van der Waals surface area contributed by atoms with Gasteiger partial charge in [-0.15, -0.1) is 0 Å². The highest BCUT2D eigenvalue weighted by molar-refractivity contribution is 7.89. The lowest BCUT2D eigenvalue weighted by Crippen LogP contribution is -2.27. The van der Waals surface area contributed by atoms with Gasteiger partial charge in [-0.25, -0.2) is 12.8 Å². The lowest BCUT2D eigenvalue weighted by Gasteiger charge is -2.18. The van der Waals surface area contributed by atoms with Gasteiger partial charge < -0.3 is 4.52 Å². The minimum atomic E-state index is -3.78. The molecule has 0 radical (unpaired) electrons. The fourth-order valence-electron chi connectivity index (χ4n) is 2.05. The number of sulfonamides is 1. The number of benzene rings is 1. The van der Waals surface area contributed by atoms with E-state index < -0.39 is 15.8 Å². The van der Waals surface area contributed by atoms with Crippen molar-refractivity contribution >= 4 is 10.0 Å². The molecular weight excluding hydrogens is 295 g/mol. The van der Waals surface area contributed by atoms with Crippen LogP contribution >= 0.6 is 0 Å². The van der Waals surface area contributed by atoms with E-state index in [-0.39, 0.29) is 11.4 Å². The summed E-state index contributed by atoms with van der Waals surface area (Å²) in [5, 5.41) is 3.80. The van der Waals surface area contributed by atoms with Gasteiger partial charge in [0.2, 0.25) is 10.0 Å². The number of halogens is 1. The van der Waals surface area contributed by atoms with Crippen molar-refractivity contribution in [3.63, 3.8) is 0 Å². The molecule has 0 saturated carbocycles. The molecule has 0 amide bonds. The number of hydrogen-bond acceptors (Lipinski definition) is 4. The van der Waals surface area contributed by atoms with Crippen molar-refractivity contribution in [3.05, 3.63) is 46.6 Å². The number of aromatic nitrogens is 1. The summed E-state index contributed by atoms with van der Waals surface area (Å²) in [5.41, 5.74) is 1.86. The van der Waals surface area contributed by atoms with Gasteiger partial charge in [0, 0.05) is 19.2 Å². The predicted octanol–water partition coefficient (Wildman–Crippen LogP) is 2.56. The standard InChI is InChI=1S/C14H17FN2O3S/c1-9-5-6-12(15)7-14(9)21(18,19)17(4)8-13-10(2)16-20-11(13)3/h5-7H,8H2,1-4H3. The van der Waals surface area contributed by atoms with Crippen LogP contribution in [0.25, 0.3) is 0 Å². The lowest BCUT2D eigenvalue weighted by atomic mass is 10.2. The molecule has 1 aromatic heterocycles. The van der Waals surface area contributed by atoms with Gasteiger partial charge in [-0.05, 0) is 38.5 Å². The smallest absolute Gasteiger partial charge is 0.243 e. The van der Waals surface area contributed by atoms with Crippen LogP contribution in [-0.4, -0.2) is 24.9 Å². The van der Waals surface area contributed by atoms with Crippen LogP contribution in [0, 0.1) is 26.6 Å². The molecule has 0 N–H and O–H groups in total. The molecule has 1 aromatic carbocycles. The second kappa shape index (κ2) is 5.57. The topological polar surface area (TPSA) is 63.4 Å². The summed E-state index contributed by atoms with van der Waals surface area (Å²) >= 11 is 0. The largest absolute Gasteiger partial charge is 0.361 e. The zero-order valence-electron chi connectivity index (χ0n) is 12.3. The van der Waals surface area contributed by atoms with Gasteiger partial charge >= 0.3 is 0 Å². The van der Waals surface area contributed by atoms with Crippen molar-refractivity contribution in [1.29, 1.82) is 0 Å². The fraction of sp³-hybridized carbons (Fsp3) is 0.357. The Morgan fingerprint density at radius 1 is 1.29 bits per heavy atom. The highest BCUT2D eigenvalue weighted by atomic mass is 32.2. The Hall–Kier alpha value is -1.73. The van der Waals surface area contributed by atoms with Gasteiger partial charge in [-0.1, -0.05) is 11.2 Å². The Balaban J connectivity index is 2.37. The summed E-state index contributed by atoms with van der Waals surface area (Å²) < 4.78 is 44.7. The van der Waals surface area contributed by atoms with Crippen molar-refractivity contribution in [2.75, 3.05) is 7.05 Å². The first kappa shape index (κ1) is 15.7. The van der Waals surface area contributed by atoms with E-state index in [1.54, 1.807) is 20.8 Å². The van der Waals surface area contributed by atoms with E-state index in [1.165, 1.54) is 23.5 Å². The highest BCUT2D eigenvalue weighted by Crippen LogP contribution is 2.23. The zero-order chi connectivity index (χ0) is 15.8. The van der Waals surface area contributed by atoms with Gasteiger partial charge in [0.15, 0.2) is 0 Å². The molecule has 0 saturated heterocycles. The Bertz CT molecular complexity index is 749. The van der Waals surface area contributed by atoms with Crippen LogP contribution in [0.4, 0.5) is 4.39 Å². The van der Waals surface area contributed by atoms with Crippen LogP contribution in [0.15, 0.2) is 27.6 Å². The quantitative estimate of drug-likeness (QED) is 0.870. The van der Waals surface area contributed by atoms with Gasteiger partial charge in [-0.3, -0.25) is 0 Å². The van der Waals surface area contributed by atoms with Crippen molar-refractivity contribution in [3.8, 4) is 0 Å². The third-order valence-corrected chi connectivity index (χ3v) is 5.35. The van der Waals surface area contributed by atoms with E-state index in [0.29, 0.717) is 17.0 Å². The predicted molar refractivity (Wildman–Crippen MR) is 75.8 cm³/mol. The molecule has 0 unspecified atom stereocenters. The maximum absolute atomic E-state index is 13.3. The third kappa shape index (κ3) is 2.98. The van der Waals surface area contributed by atoms with Gasteiger partial charge in [0.1, 0.15) is 11.6 Å². The summed E-state index contributed by atoms with van der Waals surface area (Å²) in [6, 6.07) is 3.73. The lowest BCUT2D eigenvalue weighted by molar-refractivity contribution is 0.390. The number of nitrogens with zero attached hydrogens (tertiary/aromatic N) is 2. The maximum Gasteiger partial charge on any atom is 0.243 e. The molecule has 0 spiro atoms. The average molecular weight is 312 g/mol. The molecule has 0 fully saturated rings. The molecular formula is C14H17FN2O3S. The zero-order valence-corrected chi connectivity index (χ0v) is 13.2. The summed E-state index contributed by atoms with van der Waals surface area (Å²) in [5.74, 6) is -0.00423. The van der Waals surface area contributed by atoms with Gasteiger partial charge in [0.25, 0.3) is 0 Å². The summed E-state index contributed by atoms with van der Waals surface area (Å²) in [7, 11) is -2.33. The molecule has 1 heterocycles. The second-order valence-corrected chi connectivity index (χ2v) is 6.99. The first-order valence-corrected chi connectivity index (χ1v) is 7.81. The minimum Gasteiger partial charge on any atom is -0.361 e. The van der Waals surface area contributed by atoms with E-state index in [9.17, 15) is 12.8 Å². The fourth-order valence-corrected chi connectivity index (χ4v) is 3.43.